The highest BCUT2D eigenvalue weighted by atomic mass is 32.2. The molecule has 0 atom stereocenters. The monoisotopic (exact) mass is 378 g/mol. The molecule has 0 aliphatic carbocycles. The molecular formula is C18H19FN2O4S. The van der Waals surface area contributed by atoms with Gasteiger partial charge in [-0.25, -0.2) is 17.5 Å². The lowest BCUT2D eigenvalue weighted by molar-refractivity contribution is -0.116. The largest absolute Gasteiger partial charge is 0.495 e. The van der Waals surface area contributed by atoms with E-state index in [9.17, 15) is 17.6 Å². The lowest BCUT2D eigenvalue weighted by atomic mass is 10.2. The molecule has 0 heterocycles. The summed E-state index contributed by atoms with van der Waals surface area (Å²) in [4.78, 5) is 11.9. The van der Waals surface area contributed by atoms with Gasteiger partial charge in [-0.05, 0) is 36.9 Å². The summed E-state index contributed by atoms with van der Waals surface area (Å²) in [7, 11) is -1.03. The molecule has 0 bridgehead atoms. The molecule has 138 valence electrons. The number of nitrogens with one attached hydrogen (secondary N) is 2. The zero-order chi connectivity index (χ0) is 19.2. The van der Waals surface area contributed by atoms with Gasteiger partial charge in [-0.2, -0.15) is 0 Å². The fourth-order valence-corrected chi connectivity index (χ4v) is 3.10. The predicted octanol–water partition coefficient (Wildman–Crippen LogP) is 2.07. The minimum atomic E-state index is -3.70. The van der Waals surface area contributed by atoms with E-state index in [0.29, 0.717) is 11.1 Å². The van der Waals surface area contributed by atoms with Gasteiger partial charge >= 0.3 is 0 Å². The standard InChI is InChI=1S/C18H19FN2O4S/c1-20-26(23,24)17-11-13(7-9-16(17)25-2)8-10-18(22)21-12-14-5-3-4-6-15(14)19/h3-11,20H,12H2,1-2H3,(H,21,22)/b10-8+. The summed E-state index contributed by atoms with van der Waals surface area (Å²) in [5, 5.41) is 2.57. The normalized spacial score (nSPS) is 11.5. The number of benzene rings is 2. The van der Waals surface area contributed by atoms with Crippen molar-refractivity contribution in [3.8, 4) is 5.75 Å². The third-order valence-corrected chi connectivity index (χ3v) is 5.02. The minimum Gasteiger partial charge on any atom is -0.495 e. The minimum absolute atomic E-state index is 0.0311. The summed E-state index contributed by atoms with van der Waals surface area (Å²) >= 11 is 0. The van der Waals surface area contributed by atoms with Gasteiger partial charge in [0.15, 0.2) is 0 Å². The average molecular weight is 378 g/mol. The quantitative estimate of drug-likeness (QED) is 0.723. The van der Waals surface area contributed by atoms with Crippen molar-refractivity contribution in [1.82, 2.24) is 10.0 Å². The van der Waals surface area contributed by atoms with Crippen molar-refractivity contribution in [2.24, 2.45) is 0 Å². The molecule has 6 nitrogen and oxygen atoms in total. The molecule has 2 aromatic carbocycles. The predicted molar refractivity (Wildman–Crippen MR) is 96.5 cm³/mol. The maximum absolute atomic E-state index is 13.5. The van der Waals surface area contributed by atoms with E-state index >= 15 is 0 Å². The van der Waals surface area contributed by atoms with Crippen LogP contribution < -0.4 is 14.8 Å². The first-order valence-corrected chi connectivity index (χ1v) is 9.16. The van der Waals surface area contributed by atoms with Gasteiger partial charge in [0, 0.05) is 18.2 Å². The van der Waals surface area contributed by atoms with E-state index in [0.717, 1.165) is 0 Å². The van der Waals surface area contributed by atoms with Crippen molar-refractivity contribution in [2.75, 3.05) is 14.2 Å². The highest BCUT2D eigenvalue weighted by Gasteiger charge is 2.17. The van der Waals surface area contributed by atoms with Crippen molar-refractivity contribution in [3.05, 3.63) is 65.5 Å². The number of hydrogen-bond donors (Lipinski definition) is 2. The van der Waals surface area contributed by atoms with Crippen LogP contribution in [0.3, 0.4) is 0 Å². The summed E-state index contributed by atoms with van der Waals surface area (Å²) in [5.74, 6) is -0.628. The van der Waals surface area contributed by atoms with Gasteiger partial charge in [-0.3, -0.25) is 4.79 Å². The van der Waals surface area contributed by atoms with Gasteiger partial charge in [0.1, 0.15) is 16.5 Å². The highest BCUT2D eigenvalue weighted by molar-refractivity contribution is 7.89. The SMILES string of the molecule is CNS(=O)(=O)c1cc(/C=C/C(=O)NCc2ccccc2F)ccc1OC. The first kappa shape index (κ1) is 19.6. The molecule has 0 spiro atoms. The van der Waals surface area contributed by atoms with Crippen molar-refractivity contribution in [3.63, 3.8) is 0 Å². The number of carbonyl (C=O) groups is 1. The molecule has 2 N–H and O–H groups in total. The first-order chi connectivity index (χ1) is 12.4. The van der Waals surface area contributed by atoms with E-state index in [4.69, 9.17) is 4.74 Å². The molecule has 26 heavy (non-hydrogen) atoms. The van der Waals surface area contributed by atoms with Crippen LogP contribution in [0.2, 0.25) is 0 Å². The molecule has 2 aromatic rings. The molecule has 0 radical (unpaired) electrons. The van der Waals surface area contributed by atoms with Crippen LogP contribution in [-0.4, -0.2) is 28.5 Å². The number of halogens is 1. The van der Waals surface area contributed by atoms with Crippen LogP contribution in [0.5, 0.6) is 5.75 Å². The number of amides is 1. The Kier molecular flexibility index (Phi) is 6.48. The Balaban J connectivity index is 2.11. The van der Waals surface area contributed by atoms with E-state index in [-0.39, 0.29) is 17.2 Å². The molecule has 0 aliphatic heterocycles. The smallest absolute Gasteiger partial charge is 0.244 e. The number of carbonyl (C=O) groups excluding carboxylic acids is 1. The zero-order valence-corrected chi connectivity index (χ0v) is 15.1. The van der Waals surface area contributed by atoms with E-state index < -0.39 is 21.7 Å². The second-order valence-electron chi connectivity index (χ2n) is 5.26. The Labute approximate surface area is 151 Å². The van der Waals surface area contributed by atoms with Crippen LogP contribution in [0.1, 0.15) is 11.1 Å². The van der Waals surface area contributed by atoms with Crippen LogP contribution in [0, 0.1) is 5.82 Å². The third-order valence-electron chi connectivity index (χ3n) is 3.58. The molecule has 2 rings (SSSR count). The van der Waals surface area contributed by atoms with Crippen molar-refractivity contribution in [2.45, 2.75) is 11.4 Å². The van der Waals surface area contributed by atoms with E-state index in [1.807, 2.05) is 0 Å². The highest BCUT2D eigenvalue weighted by Crippen LogP contribution is 2.25. The number of hydrogen-bond acceptors (Lipinski definition) is 4. The Morgan fingerprint density at radius 2 is 1.96 bits per heavy atom. The van der Waals surface area contributed by atoms with Gasteiger partial charge in [-0.1, -0.05) is 24.3 Å². The van der Waals surface area contributed by atoms with Crippen LogP contribution in [-0.2, 0) is 21.4 Å². The van der Waals surface area contributed by atoms with Gasteiger partial charge < -0.3 is 10.1 Å². The Bertz CT molecular complexity index is 927. The third kappa shape index (κ3) is 4.90. The summed E-state index contributed by atoms with van der Waals surface area (Å²) in [6.07, 6.45) is 2.71. The lowest BCUT2D eigenvalue weighted by Gasteiger charge is -2.09. The van der Waals surface area contributed by atoms with Crippen molar-refractivity contribution >= 4 is 22.0 Å². The summed E-state index contributed by atoms with van der Waals surface area (Å²) in [5.41, 5.74) is 0.877. The number of ether oxygens (including phenoxy) is 1. The maximum Gasteiger partial charge on any atom is 0.244 e. The molecular weight excluding hydrogens is 359 g/mol. The van der Waals surface area contributed by atoms with Gasteiger partial charge in [-0.15, -0.1) is 0 Å². The van der Waals surface area contributed by atoms with E-state index in [2.05, 4.69) is 10.0 Å². The average Bonchev–Trinajstić information content (AvgIpc) is 2.65. The molecule has 8 heteroatoms. The second kappa shape index (κ2) is 8.59. The van der Waals surface area contributed by atoms with Crippen molar-refractivity contribution in [1.29, 1.82) is 0 Å². The molecule has 0 unspecified atom stereocenters. The molecule has 0 saturated carbocycles. The van der Waals surface area contributed by atoms with Gasteiger partial charge in [0.2, 0.25) is 15.9 Å². The Hall–Kier alpha value is -2.71. The molecule has 0 aromatic heterocycles. The first-order valence-electron chi connectivity index (χ1n) is 7.68. The van der Waals surface area contributed by atoms with E-state index in [1.54, 1.807) is 24.3 Å². The Morgan fingerprint density at radius 1 is 1.23 bits per heavy atom. The van der Waals surface area contributed by atoms with Crippen LogP contribution in [0.25, 0.3) is 6.08 Å². The van der Waals surface area contributed by atoms with Crippen LogP contribution in [0.4, 0.5) is 4.39 Å². The molecule has 0 fully saturated rings. The second-order valence-corrected chi connectivity index (χ2v) is 7.12. The molecule has 0 aliphatic rings. The number of methoxy groups -OCH3 is 1. The van der Waals surface area contributed by atoms with Crippen molar-refractivity contribution < 1.29 is 22.3 Å². The topological polar surface area (TPSA) is 84.5 Å². The lowest BCUT2D eigenvalue weighted by Crippen LogP contribution is -2.21. The van der Waals surface area contributed by atoms with Gasteiger partial charge in [0.05, 0.1) is 7.11 Å². The summed E-state index contributed by atoms with van der Waals surface area (Å²) in [6.45, 7) is 0.0534. The number of sulfonamides is 1. The summed E-state index contributed by atoms with van der Waals surface area (Å²) in [6, 6.07) is 10.7. The Morgan fingerprint density at radius 3 is 2.62 bits per heavy atom. The molecule has 1 amide bonds. The van der Waals surface area contributed by atoms with E-state index in [1.165, 1.54) is 44.5 Å². The fraction of sp³-hybridized carbons (Fsp3) is 0.167. The summed E-state index contributed by atoms with van der Waals surface area (Å²) < 4.78 is 44.8. The van der Waals surface area contributed by atoms with Crippen LogP contribution in [0.15, 0.2) is 53.4 Å². The number of rotatable bonds is 7. The van der Waals surface area contributed by atoms with Crippen LogP contribution >= 0.6 is 0 Å². The maximum atomic E-state index is 13.5. The zero-order valence-electron chi connectivity index (χ0n) is 14.3. The van der Waals surface area contributed by atoms with Gasteiger partial charge in [0.25, 0.3) is 0 Å². The molecule has 0 saturated heterocycles. The fourth-order valence-electron chi connectivity index (χ4n) is 2.17.